The Morgan fingerprint density at radius 1 is 0.303 bits per heavy atom. The van der Waals surface area contributed by atoms with E-state index in [1.807, 2.05) is 24.4 Å². The van der Waals surface area contributed by atoms with E-state index in [0.717, 1.165) is 83.6 Å². The molecule has 1 spiro atoms. The first kappa shape index (κ1) is 37.7. The molecule has 0 saturated carbocycles. The van der Waals surface area contributed by atoms with Crippen molar-refractivity contribution in [3.8, 4) is 90.2 Å². The number of fused-ring (bicyclic) bond motifs is 10. The second kappa shape index (κ2) is 15.2. The Kier molecular flexibility index (Phi) is 8.68. The average molecular weight is 843 g/mol. The van der Waals surface area contributed by atoms with Crippen molar-refractivity contribution in [2.24, 2.45) is 0 Å². The summed E-state index contributed by atoms with van der Waals surface area (Å²) in [5.41, 5.74) is 16.7. The quantitative estimate of drug-likeness (QED) is 0.167. The Bertz CT molecular complexity index is 3510. The van der Waals surface area contributed by atoms with Gasteiger partial charge in [0.25, 0.3) is 0 Å². The fraction of sp³-hybridized carbons (Fsp3) is 0.0164. The largest absolute Gasteiger partial charge is 0.457 e. The van der Waals surface area contributed by atoms with E-state index in [0.29, 0.717) is 17.5 Å². The number of hydrogen-bond acceptors (Lipinski definition) is 5. The predicted molar refractivity (Wildman–Crippen MR) is 265 cm³/mol. The minimum Gasteiger partial charge on any atom is -0.457 e. The van der Waals surface area contributed by atoms with Gasteiger partial charge in [0.2, 0.25) is 0 Å². The monoisotopic (exact) mass is 842 g/mol. The molecule has 5 heteroatoms. The molecule has 3 heterocycles. The molecular formula is C61H38N4O. The normalized spacial score (nSPS) is 12.8. The zero-order valence-electron chi connectivity index (χ0n) is 35.6. The van der Waals surface area contributed by atoms with E-state index in [-0.39, 0.29) is 0 Å². The Balaban J connectivity index is 0.991. The summed E-state index contributed by atoms with van der Waals surface area (Å²) in [6, 6.07) is 78.9. The lowest BCUT2D eigenvalue weighted by Gasteiger charge is -2.39. The molecule has 2 aromatic heterocycles. The molecule has 0 radical (unpaired) electrons. The van der Waals surface area contributed by atoms with Crippen molar-refractivity contribution < 1.29 is 4.74 Å². The number of nitrogens with zero attached hydrogens (tertiary/aromatic N) is 4. The molecule has 0 amide bonds. The lowest BCUT2D eigenvalue weighted by molar-refractivity contribution is 0.437. The van der Waals surface area contributed by atoms with E-state index in [1.165, 1.54) is 22.3 Å². The van der Waals surface area contributed by atoms with Crippen molar-refractivity contribution in [1.29, 1.82) is 0 Å². The van der Waals surface area contributed by atoms with Crippen molar-refractivity contribution >= 4 is 10.9 Å². The average Bonchev–Trinajstić information content (AvgIpc) is 3.69. The third-order valence-corrected chi connectivity index (χ3v) is 13.3. The highest BCUT2D eigenvalue weighted by Crippen LogP contribution is 2.62. The van der Waals surface area contributed by atoms with Gasteiger partial charge in [-0.2, -0.15) is 0 Å². The highest BCUT2D eigenvalue weighted by atomic mass is 16.5. The molecule has 5 nitrogen and oxygen atoms in total. The Morgan fingerprint density at radius 3 is 1.30 bits per heavy atom. The van der Waals surface area contributed by atoms with Gasteiger partial charge in [-0.15, -0.1) is 0 Å². The van der Waals surface area contributed by atoms with Crippen LogP contribution >= 0.6 is 0 Å². The third-order valence-electron chi connectivity index (χ3n) is 13.3. The highest BCUT2D eigenvalue weighted by Gasteiger charge is 2.51. The minimum absolute atomic E-state index is 0.559. The zero-order valence-corrected chi connectivity index (χ0v) is 35.6. The fourth-order valence-electron chi connectivity index (χ4n) is 10.2. The Morgan fingerprint density at radius 2 is 0.727 bits per heavy atom. The molecule has 0 N–H and O–H groups in total. The van der Waals surface area contributed by atoms with Gasteiger partial charge in [0.1, 0.15) is 11.5 Å². The number of aromatic nitrogens is 4. The van der Waals surface area contributed by atoms with Crippen molar-refractivity contribution in [2.45, 2.75) is 5.41 Å². The molecule has 0 fully saturated rings. The van der Waals surface area contributed by atoms with Crippen LogP contribution in [0.3, 0.4) is 0 Å². The van der Waals surface area contributed by atoms with Gasteiger partial charge in [-0.25, -0.2) is 15.0 Å². The second-order valence-corrected chi connectivity index (χ2v) is 16.9. The van der Waals surface area contributed by atoms with E-state index in [1.54, 1.807) is 0 Å². The molecule has 66 heavy (non-hydrogen) atoms. The summed E-state index contributed by atoms with van der Waals surface area (Å²) < 4.78 is 7.18. The van der Waals surface area contributed by atoms with Crippen LogP contribution in [0, 0.1) is 0 Å². The molecular weight excluding hydrogens is 805 g/mol. The summed E-state index contributed by atoms with van der Waals surface area (Å²) >= 11 is 0. The van der Waals surface area contributed by atoms with Gasteiger partial charge in [-0.1, -0.05) is 206 Å². The van der Waals surface area contributed by atoms with Crippen LogP contribution in [0.15, 0.2) is 231 Å². The van der Waals surface area contributed by atoms with E-state index in [9.17, 15) is 0 Å². The van der Waals surface area contributed by atoms with Crippen molar-refractivity contribution in [3.05, 3.63) is 253 Å². The number of para-hydroxylation sites is 1. The van der Waals surface area contributed by atoms with Gasteiger partial charge in [0.15, 0.2) is 17.5 Å². The van der Waals surface area contributed by atoms with Gasteiger partial charge >= 0.3 is 0 Å². The second-order valence-electron chi connectivity index (χ2n) is 16.9. The Labute approximate surface area is 382 Å². The van der Waals surface area contributed by atoms with Gasteiger partial charge in [-0.3, -0.25) is 4.98 Å². The van der Waals surface area contributed by atoms with Crippen LogP contribution in [-0.4, -0.2) is 19.9 Å². The first-order valence-corrected chi connectivity index (χ1v) is 22.3. The van der Waals surface area contributed by atoms with Crippen LogP contribution in [0.5, 0.6) is 11.5 Å². The third kappa shape index (κ3) is 6.01. The molecule has 13 rings (SSSR count). The van der Waals surface area contributed by atoms with Crippen LogP contribution in [0.25, 0.3) is 89.6 Å². The lowest BCUT2D eigenvalue weighted by Crippen LogP contribution is -2.32. The molecule has 0 saturated heterocycles. The van der Waals surface area contributed by atoms with E-state index in [4.69, 9.17) is 24.7 Å². The maximum Gasteiger partial charge on any atom is 0.164 e. The fourth-order valence-corrected chi connectivity index (χ4v) is 10.2. The van der Waals surface area contributed by atoms with E-state index in [2.05, 4.69) is 206 Å². The van der Waals surface area contributed by atoms with Gasteiger partial charge < -0.3 is 4.74 Å². The van der Waals surface area contributed by atoms with Crippen molar-refractivity contribution in [3.63, 3.8) is 0 Å². The van der Waals surface area contributed by atoms with Crippen LogP contribution in [0.2, 0.25) is 0 Å². The number of benzene rings is 9. The number of hydrogen-bond donors (Lipinski definition) is 0. The van der Waals surface area contributed by atoms with Crippen LogP contribution in [0.4, 0.5) is 0 Å². The maximum absolute atomic E-state index is 7.18. The predicted octanol–water partition coefficient (Wildman–Crippen LogP) is 14.9. The van der Waals surface area contributed by atoms with Gasteiger partial charge in [0.05, 0.1) is 10.9 Å². The number of pyridine rings is 1. The first-order valence-electron chi connectivity index (χ1n) is 22.3. The summed E-state index contributed by atoms with van der Waals surface area (Å²) in [6.07, 6.45) is 1.86. The highest BCUT2D eigenvalue weighted by molar-refractivity contribution is 5.95. The van der Waals surface area contributed by atoms with Crippen LogP contribution in [-0.2, 0) is 5.41 Å². The molecule has 9 aromatic carbocycles. The number of rotatable bonds is 6. The van der Waals surface area contributed by atoms with Crippen molar-refractivity contribution in [1.82, 2.24) is 19.9 Å². The maximum atomic E-state index is 7.18. The molecule has 308 valence electrons. The SMILES string of the molecule is c1ccc(-c2ccc(-c3nc(-c4ccc(-c5ccccc5)cc4)nc(-c4ccc5c(c4)Oc4cc(-c6cccc7cccnc67)ccc4C54c5ccccc5-c5ccccc54)n3)cc2)cc1. The van der Waals surface area contributed by atoms with Gasteiger partial charge in [-0.05, 0) is 68.3 Å². The zero-order chi connectivity index (χ0) is 43.6. The molecule has 2 aliphatic rings. The summed E-state index contributed by atoms with van der Waals surface area (Å²) in [5, 5.41) is 1.09. The molecule has 1 aliphatic carbocycles. The minimum atomic E-state index is -0.638. The summed E-state index contributed by atoms with van der Waals surface area (Å²) in [4.78, 5) is 20.4. The lowest BCUT2D eigenvalue weighted by atomic mass is 9.66. The smallest absolute Gasteiger partial charge is 0.164 e. The van der Waals surface area contributed by atoms with Crippen molar-refractivity contribution in [2.75, 3.05) is 0 Å². The summed E-state index contributed by atoms with van der Waals surface area (Å²) in [7, 11) is 0. The molecule has 1 aliphatic heterocycles. The van der Waals surface area contributed by atoms with Crippen LogP contribution in [0.1, 0.15) is 22.3 Å². The molecule has 0 atom stereocenters. The van der Waals surface area contributed by atoms with E-state index < -0.39 is 5.41 Å². The molecule has 0 bridgehead atoms. The first-order chi connectivity index (χ1) is 32.7. The number of ether oxygens (including phenoxy) is 1. The Hall–Kier alpha value is -8.80. The standard InChI is InChI=1S/C61H38N4O/c1-3-13-39(14-4-1)41-24-28-44(29-25-41)58-63-59(45-30-26-42(27-31-45)40-15-5-2-6-16-40)65-60(64-58)47-33-35-54-56(38-47)66-55-37-46(48-21-11-17-43-18-12-36-62-57(43)48)32-34-53(55)61(54)51-22-9-7-19-49(51)50-20-8-10-23-52(50)61/h1-38H. The van der Waals surface area contributed by atoms with Crippen LogP contribution < -0.4 is 4.74 Å². The molecule has 11 aromatic rings. The van der Waals surface area contributed by atoms with E-state index >= 15 is 0 Å². The molecule has 0 unspecified atom stereocenters. The summed E-state index contributed by atoms with van der Waals surface area (Å²) in [5.74, 6) is 3.29. The topological polar surface area (TPSA) is 60.8 Å². The summed E-state index contributed by atoms with van der Waals surface area (Å²) in [6.45, 7) is 0. The van der Waals surface area contributed by atoms with Gasteiger partial charge in [0, 0.05) is 45.0 Å².